The number of ether oxygens (including phenoxy) is 1. The normalized spacial score (nSPS) is 15.7. The third-order valence-corrected chi connectivity index (χ3v) is 3.26. The predicted octanol–water partition coefficient (Wildman–Crippen LogP) is 0.836. The number of carbonyl (C=O) groups excluding carboxylic acids is 2. The van der Waals surface area contributed by atoms with Crippen LogP contribution in [0.25, 0.3) is 0 Å². The highest BCUT2D eigenvalue weighted by Gasteiger charge is 2.19. The summed E-state index contributed by atoms with van der Waals surface area (Å²) in [4.78, 5) is 35.0. The van der Waals surface area contributed by atoms with Crippen LogP contribution in [0, 0.1) is 5.92 Å². The van der Waals surface area contributed by atoms with E-state index in [4.69, 9.17) is 9.84 Å². The van der Waals surface area contributed by atoms with Crippen LogP contribution in [0.15, 0.2) is 0 Å². The second-order valence-electron chi connectivity index (χ2n) is 5.04. The zero-order valence-electron chi connectivity index (χ0n) is 11.8. The first-order chi connectivity index (χ1) is 9.49. The molecule has 0 atom stereocenters. The van der Waals surface area contributed by atoms with Gasteiger partial charge in [-0.05, 0) is 25.2 Å². The van der Waals surface area contributed by atoms with Gasteiger partial charge in [0.15, 0.2) is 0 Å². The van der Waals surface area contributed by atoms with Crippen LogP contribution in [-0.2, 0) is 14.3 Å². The molecular formula is C13H22N2O5. The van der Waals surface area contributed by atoms with Gasteiger partial charge in [0.1, 0.15) is 0 Å². The zero-order chi connectivity index (χ0) is 15.0. The Morgan fingerprint density at radius 2 is 1.90 bits per heavy atom. The van der Waals surface area contributed by atoms with Crippen molar-refractivity contribution in [2.45, 2.75) is 32.1 Å². The molecule has 1 saturated heterocycles. The quantitative estimate of drug-likeness (QED) is 0.754. The van der Waals surface area contributed by atoms with E-state index >= 15 is 0 Å². The highest BCUT2D eigenvalue weighted by atomic mass is 16.5. The number of aliphatic carboxylic acids is 1. The van der Waals surface area contributed by atoms with E-state index in [2.05, 4.69) is 5.32 Å². The van der Waals surface area contributed by atoms with Crippen molar-refractivity contribution in [3.05, 3.63) is 0 Å². The first-order valence-electron chi connectivity index (χ1n) is 6.83. The van der Waals surface area contributed by atoms with E-state index in [1.165, 1.54) is 4.90 Å². The van der Waals surface area contributed by atoms with Gasteiger partial charge in [-0.25, -0.2) is 4.79 Å². The van der Waals surface area contributed by atoms with Crippen LogP contribution in [-0.4, -0.2) is 54.7 Å². The van der Waals surface area contributed by atoms with E-state index in [0.29, 0.717) is 25.7 Å². The average Bonchev–Trinajstić information content (AvgIpc) is 2.39. The Hall–Kier alpha value is -1.63. The van der Waals surface area contributed by atoms with Crippen molar-refractivity contribution in [1.82, 2.24) is 10.2 Å². The molecule has 20 heavy (non-hydrogen) atoms. The van der Waals surface area contributed by atoms with Gasteiger partial charge in [-0.3, -0.25) is 14.9 Å². The van der Waals surface area contributed by atoms with Gasteiger partial charge in [0.05, 0.1) is 0 Å². The molecule has 1 aliphatic rings. The summed E-state index contributed by atoms with van der Waals surface area (Å²) in [5.41, 5.74) is 0. The second kappa shape index (κ2) is 8.52. The van der Waals surface area contributed by atoms with Crippen molar-refractivity contribution >= 4 is 17.9 Å². The number of carboxylic acids is 1. The lowest BCUT2D eigenvalue weighted by Gasteiger charge is -2.27. The molecule has 1 heterocycles. The summed E-state index contributed by atoms with van der Waals surface area (Å²) in [6.45, 7) is 2.03. The molecule has 0 unspecified atom stereocenters. The minimum Gasteiger partial charge on any atom is -0.481 e. The van der Waals surface area contributed by atoms with E-state index in [1.54, 1.807) is 7.05 Å². The molecule has 0 aromatic heterocycles. The number of nitrogens with one attached hydrogen (secondary N) is 1. The standard InChI is InChI=1S/C13H22N2O5/c1-15(9-10-5-7-20-8-6-10)13(19)14-11(16)3-2-4-12(17)18/h10H,2-9H2,1H3,(H,17,18)(H,14,16,19). The number of imide groups is 1. The van der Waals surface area contributed by atoms with Gasteiger partial charge < -0.3 is 14.7 Å². The lowest BCUT2D eigenvalue weighted by molar-refractivity contribution is -0.137. The first kappa shape index (κ1) is 16.4. The summed E-state index contributed by atoms with van der Waals surface area (Å²) in [6, 6.07) is -0.434. The number of urea groups is 1. The Morgan fingerprint density at radius 3 is 2.50 bits per heavy atom. The second-order valence-corrected chi connectivity index (χ2v) is 5.04. The minimum absolute atomic E-state index is 0.0448. The zero-order valence-corrected chi connectivity index (χ0v) is 11.8. The fraction of sp³-hybridized carbons (Fsp3) is 0.769. The van der Waals surface area contributed by atoms with Crippen LogP contribution in [0.4, 0.5) is 4.79 Å². The smallest absolute Gasteiger partial charge is 0.323 e. The lowest BCUT2D eigenvalue weighted by atomic mass is 10.00. The van der Waals surface area contributed by atoms with Gasteiger partial charge in [-0.1, -0.05) is 0 Å². The molecule has 0 aliphatic carbocycles. The molecule has 1 rings (SSSR count). The van der Waals surface area contributed by atoms with Gasteiger partial charge in [0, 0.05) is 39.6 Å². The molecule has 1 fully saturated rings. The van der Waals surface area contributed by atoms with Gasteiger partial charge in [-0.2, -0.15) is 0 Å². The summed E-state index contributed by atoms with van der Waals surface area (Å²) in [5, 5.41) is 10.7. The summed E-state index contributed by atoms with van der Waals surface area (Å²) in [7, 11) is 1.65. The van der Waals surface area contributed by atoms with Crippen molar-refractivity contribution in [3.8, 4) is 0 Å². The highest BCUT2D eigenvalue weighted by Crippen LogP contribution is 2.15. The predicted molar refractivity (Wildman–Crippen MR) is 71.2 cm³/mol. The fourth-order valence-electron chi connectivity index (χ4n) is 2.08. The number of carboxylic acid groups (broad SMARTS) is 1. The molecule has 0 radical (unpaired) electrons. The first-order valence-corrected chi connectivity index (χ1v) is 6.83. The van der Waals surface area contributed by atoms with E-state index in [1.807, 2.05) is 0 Å². The van der Waals surface area contributed by atoms with Crippen molar-refractivity contribution in [2.75, 3.05) is 26.8 Å². The molecule has 0 bridgehead atoms. The maximum atomic E-state index is 11.8. The van der Waals surface area contributed by atoms with E-state index < -0.39 is 17.9 Å². The molecule has 0 aromatic rings. The maximum Gasteiger partial charge on any atom is 0.323 e. The van der Waals surface area contributed by atoms with Crippen LogP contribution in [0.5, 0.6) is 0 Å². The van der Waals surface area contributed by atoms with E-state index in [0.717, 1.165) is 12.8 Å². The van der Waals surface area contributed by atoms with E-state index in [-0.39, 0.29) is 19.3 Å². The van der Waals surface area contributed by atoms with Gasteiger partial charge in [0.25, 0.3) is 0 Å². The summed E-state index contributed by atoms with van der Waals surface area (Å²) in [6.07, 6.45) is 2.05. The molecule has 0 aromatic carbocycles. The van der Waals surface area contributed by atoms with Crippen LogP contribution in [0.1, 0.15) is 32.1 Å². The number of hydrogen-bond donors (Lipinski definition) is 2. The number of rotatable bonds is 6. The van der Waals surface area contributed by atoms with Crippen molar-refractivity contribution < 1.29 is 24.2 Å². The molecular weight excluding hydrogens is 264 g/mol. The topological polar surface area (TPSA) is 95.9 Å². The van der Waals surface area contributed by atoms with Crippen LogP contribution in [0.3, 0.4) is 0 Å². The molecule has 114 valence electrons. The Morgan fingerprint density at radius 1 is 1.25 bits per heavy atom. The fourth-order valence-corrected chi connectivity index (χ4v) is 2.08. The van der Waals surface area contributed by atoms with Gasteiger partial charge in [-0.15, -0.1) is 0 Å². The largest absolute Gasteiger partial charge is 0.481 e. The van der Waals surface area contributed by atoms with Gasteiger partial charge in [0.2, 0.25) is 5.91 Å². The maximum absolute atomic E-state index is 11.8. The van der Waals surface area contributed by atoms with Crippen LogP contribution < -0.4 is 5.32 Å². The van der Waals surface area contributed by atoms with Crippen LogP contribution in [0.2, 0.25) is 0 Å². The third kappa shape index (κ3) is 6.51. The number of hydrogen-bond acceptors (Lipinski definition) is 4. The molecule has 0 spiro atoms. The van der Waals surface area contributed by atoms with Crippen molar-refractivity contribution in [3.63, 3.8) is 0 Å². The summed E-state index contributed by atoms with van der Waals surface area (Å²) >= 11 is 0. The molecule has 3 amide bonds. The molecule has 1 aliphatic heterocycles. The average molecular weight is 286 g/mol. The molecule has 0 saturated carbocycles. The minimum atomic E-state index is -0.944. The van der Waals surface area contributed by atoms with Gasteiger partial charge >= 0.3 is 12.0 Å². The Bertz CT molecular complexity index is 353. The molecule has 7 heteroatoms. The number of carbonyl (C=O) groups is 3. The summed E-state index contributed by atoms with van der Waals surface area (Å²) in [5.74, 6) is -0.975. The van der Waals surface area contributed by atoms with E-state index in [9.17, 15) is 14.4 Å². The molecule has 2 N–H and O–H groups in total. The summed E-state index contributed by atoms with van der Waals surface area (Å²) < 4.78 is 5.25. The highest BCUT2D eigenvalue weighted by molar-refractivity contribution is 5.94. The lowest BCUT2D eigenvalue weighted by Crippen LogP contribution is -2.43. The van der Waals surface area contributed by atoms with Crippen LogP contribution >= 0.6 is 0 Å². The number of nitrogens with zero attached hydrogens (tertiary/aromatic N) is 1. The Kier molecular flexibility index (Phi) is 7.00. The SMILES string of the molecule is CN(CC1CCOCC1)C(=O)NC(=O)CCCC(=O)O. The third-order valence-electron chi connectivity index (χ3n) is 3.26. The Balaban J connectivity index is 2.22. The Labute approximate surface area is 118 Å². The van der Waals surface area contributed by atoms with Crippen molar-refractivity contribution in [2.24, 2.45) is 5.92 Å². The monoisotopic (exact) mass is 286 g/mol. The molecule has 7 nitrogen and oxygen atoms in total. The van der Waals surface area contributed by atoms with Crippen molar-refractivity contribution in [1.29, 1.82) is 0 Å². The number of amides is 3.